The highest BCUT2D eigenvalue weighted by Crippen LogP contribution is 2.37. The fourth-order valence-corrected chi connectivity index (χ4v) is 2.63. The number of aliphatic hydroxyl groups excluding tert-OH is 1. The molecule has 1 aliphatic rings. The van der Waals surface area contributed by atoms with Gasteiger partial charge in [-0.2, -0.15) is 0 Å². The predicted molar refractivity (Wildman–Crippen MR) is 94.9 cm³/mol. The van der Waals surface area contributed by atoms with E-state index < -0.39 is 5.97 Å². The lowest BCUT2D eigenvalue weighted by molar-refractivity contribution is -0.137. The molecule has 0 bridgehead atoms. The van der Waals surface area contributed by atoms with E-state index in [-0.39, 0.29) is 40.8 Å². The molecule has 0 fully saturated rings. The van der Waals surface area contributed by atoms with Crippen LogP contribution >= 0.6 is 0 Å². The van der Waals surface area contributed by atoms with E-state index in [0.29, 0.717) is 25.0 Å². The highest BCUT2D eigenvalue weighted by molar-refractivity contribution is 6.24. The number of carbonyl (C=O) groups is 2. The third-order valence-corrected chi connectivity index (χ3v) is 3.58. The first-order valence-electron chi connectivity index (χ1n) is 8.07. The largest absolute Gasteiger partial charge is 0.511 e. The predicted octanol–water partition coefficient (Wildman–Crippen LogP) is 3.92. The second kappa shape index (κ2) is 8.08. The van der Waals surface area contributed by atoms with Crippen LogP contribution in [-0.4, -0.2) is 29.2 Å². The van der Waals surface area contributed by atoms with Gasteiger partial charge in [-0.3, -0.25) is 4.79 Å². The number of Topliss-reactive ketones (excluding diaryl/α,β-unsaturated/α-hetero) is 1. The maximum atomic E-state index is 12.5. The molecule has 0 heterocycles. The van der Waals surface area contributed by atoms with Gasteiger partial charge in [-0.25, -0.2) is 9.79 Å². The Morgan fingerprint density at radius 3 is 2.54 bits per heavy atom. The second-order valence-corrected chi connectivity index (χ2v) is 7.25. The number of hydrogen-bond acceptors (Lipinski definition) is 5. The molecule has 0 unspecified atom stereocenters. The van der Waals surface area contributed by atoms with Crippen molar-refractivity contribution in [3.63, 3.8) is 0 Å². The molecule has 132 valence electrons. The van der Waals surface area contributed by atoms with Gasteiger partial charge in [0.1, 0.15) is 18.1 Å². The Balaban J connectivity index is 3.20. The molecule has 5 heteroatoms. The molecule has 0 saturated heterocycles. The lowest BCUT2D eigenvalue weighted by Gasteiger charge is -2.30. The number of nitrogens with zero attached hydrogens (tertiary/aromatic N) is 1. The number of ketones is 1. The molecule has 0 aliphatic heterocycles. The van der Waals surface area contributed by atoms with Gasteiger partial charge in [0, 0.05) is 12.8 Å². The average molecular weight is 333 g/mol. The highest BCUT2D eigenvalue weighted by atomic mass is 16.5. The quantitative estimate of drug-likeness (QED) is 0.332. The number of rotatable bonds is 7. The van der Waals surface area contributed by atoms with Gasteiger partial charge in [0.05, 0.1) is 11.3 Å². The highest BCUT2D eigenvalue weighted by Gasteiger charge is 2.35. The van der Waals surface area contributed by atoms with Gasteiger partial charge in [-0.15, -0.1) is 0 Å². The minimum absolute atomic E-state index is 0.0305. The molecular formula is C19H27NO4. The lowest BCUT2D eigenvalue weighted by atomic mass is 9.75. The van der Waals surface area contributed by atoms with Crippen molar-refractivity contribution >= 4 is 17.5 Å². The molecule has 0 aromatic carbocycles. The second-order valence-electron chi connectivity index (χ2n) is 7.25. The SMILES string of the molecule is C=CCOC(=O)C(=C)N=C(CC(C)C)C1=C(O)CC(C)(C)CC1=O. The zero-order valence-electron chi connectivity index (χ0n) is 15.0. The van der Waals surface area contributed by atoms with Crippen LogP contribution in [0.2, 0.25) is 0 Å². The summed E-state index contributed by atoms with van der Waals surface area (Å²) in [7, 11) is 0. The fraction of sp³-hybridized carbons (Fsp3) is 0.526. The molecule has 0 radical (unpaired) electrons. The van der Waals surface area contributed by atoms with E-state index in [1.807, 2.05) is 27.7 Å². The van der Waals surface area contributed by atoms with E-state index in [1.54, 1.807) is 0 Å². The Kier molecular flexibility index (Phi) is 6.70. The first kappa shape index (κ1) is 19.9. The molecule has 0 aromatic heterocycles. The maximum Gasteiger partial charge on any atom is 0.356 e. The summed E-state index contributed by atoms with van der Waals surface area (Å²) in [4.78, 5) is 28.6. The molecule has 0 spiro atoms. The molecule has 0 aromatic rings. The van der Waals surface area contributed by atoms with E-state index in [9.17, 15) is 14.7 Å². The van der Waals surface area contributed by atoms with Gasteiger partial charge in [0.15, 0.2) is 5.78 Å². The zero-order valence-corrected chi connectivity index (χ0v) is 15.0. The topological polar surface area (TPSA) is 76.0 Å². The van der Waals surface area contributed by atoms with E-state index in [1.165, 1.54) is 6.08 Å². The molecule has 5 nitrogen and oxygen atoms in total. The number of carbonyl (C=O) groups excluding carboxylic acids is 2. The monoisotopic (exact) mass is 333 g/mol. The Morgan fingerprint density at radius 2 is 2.04 bits per heavy atom. The summed E-state index contributed by atoms with van der Waals surface area (Å²) in [5.41, 5.74) is 0.239. The van der Waals surface area contributed by atoms with Crippen molar-refractivity contribution < 1.29 is 19.4 Å². The first-order chi connectivity index (χ1) is 11.1. The van der Waals surface area contributed by atoms with Gasteiger partial charge in [-0.1, -0.05) is 46.9 Å². The molecule has 0 amide bonds. The normalized spacial score (nSPS) is 17.9. The maximum absolute atomic E-state index is 12.5. The number of aliphatic imine (C=N–C) groups is 1. The van der Waals surface area contributed by atoms with Crippen LogP contribution in [0.15, 0.2) is 41.3 Å². The van der Waals surface area contributed by atoms with Gasteiger partial charge >= 0.3 is 5.97 Å². The van der Waals surface area contributed by atoms with Gasteiger partial charge in [0.25, 0.3) is 0 Å². The van der Waals surface area contributed by atoms with Gasteiger partial charge in [0.2, 0.25) is 0 Å². The molecule has 0 saturated carbocycles. The molecule has 0 atom stereocenters. The number of allylic oxidation sites excluding steroid dienone is 2. The Bertz CT molecular complexity index is 609. The number of aliphatic hydroxyl groups is 1. The van der Waals surface area contributed by atoms with Crippen LogP contribution in [0.3, 0.4) is 0 Å². The Morgan fingerprint density at radius 1 is 1.42 bits per heavy atom. The zero-order chi connectivity index (χ0) is 18.5. The Hall–Kier alpha value is -2.17. The summed E-state index contributed by atoms with van der Waals surface area (Å²) in [5.74, 6) is -0.595. The smallest absolute Gasteiger partial charge is 0.356 e. The van der Waals surface area contributed by atoms with Crippen LogP contribution in [-0.2, 0) is 14.3 Å². The van der Waals surface area contributed by atoms with Crippen LogP contribution in [0.5, 0.6) is 0 Å². The lowest BCUT2D eigenvalue weighted by Crippen LogP contribution is -2.30. The van der Waals surface area contributed by atoms with Crippen molar-refractivity contribution in [2.24, 2.45) is 16.3 Å². The summed E-state index contributed by atoms with van der Waals surface area (Å²) in [6.45, 7) is 15.0. The molecule has 1 N–H and O–H groups in total. The summed E-state index contributed by atoms with van der Waals surface area (Å²) in [5, 5.41) is 10.4. The summed E-state index contributed by atoms with van der Waals surface area (Å²) < 4.78 is 4.91. The summed E-state index contributed by atoms with van der Waals surface area (Å²) in [6.07, 6.45) is 2.64. The van der Waals surface area contributed by atoms with Crippen molar-refractivity contribution in [3.05, 3.63) is 36.3 Å². The van der Waals surface area contributed by atoms with Gasteiger partial charge < -0.3 is 9.84 Å². The van der Waals surface area contributed by atoms with Crippen molar-refractivity contribution in [2.75, 3.05) is 6.61 Å². The summed E-state index contributed by atoms with van der Waals surface area (Å²) >= 11 is 0. The molecule has 1 rings (SSSR count). The van der Waals surface area contributed by atoms with E-state index >= 15 is 0 Å². The number of hydrogen-bond donors (Lipinski definition) is 1. The van der Waals surface area contributed by atoms with Crippen molar-refractivity contribution in [1.29, 1.82) is 0 Å². The number of ether oxygens (including phenoxy) is 1. The molecule has 1 aliphatic carbocycles. The average Bonchev–Trinajstić information content (AvgIpc) is 2.41. The van der Waals surface area contributed by atoms with Gasteiger partial charge in [-0.05, 0) is 17.8 Å². The number of esters is 1. The van der Waals surface area contributed by atoms with Crippen LogP contribution in [0.25, 0.3) is 0 Å². The van der Waals surface area contributed by atoms with Crippen molar-refractivity contribution in [1.82, 2.24) is 0 Å². The van der Waals surface area contributed by atoms with Crippen LogP contribution in [0, 0.1) is 11.3 Å². The first-order valence-corrected chi connectivity index (χ1v) is 8.07. The minimum Gasteiger partial charge on any atom is -0.511 e. The van der Waals surface area contributed by atoms with Crippen LogP contribution < -0.4 is 0 Å². The summed E-state index contributed by atoms with van der Waals surface area (Å²) in [6, 6.07) is 0. The minimum atomic E-state index is -0.667. The van der Waals surface area contributed by atoms with Crippen LogP contribution in [0.4, 0.5) is 0 Å². The van der Waals surface area contributed by atoms with Crippen molar-refractivity contribution in [2.45, 2.75) is 47.0 Å². The van der Waals surface area contributed by atoms with E-state index in [4.69, 9.17) is 4.74 Å². The van der Waals surface area contributed by atoms with Crippen molar-refractivity contribution in [3.8, 4) is 0 Å². The van der Waals surface area contributed by atoms with E-state index in [2.05, 4.69) is 18.2 Å². The Labute approximate surface area is 143 Å². The third-order valence-electron chi connectivity index (χ3n) is 3.58. The standard InChI is InChI=1S/C19H27NO4/c1-7-8-24-18(23)13(4)20-14(9-12(2)3)17-15(21)10-19(5,6)11-16(17)22/h7,12,21H,1,4,8-11H2,2-3,5-6H3. The van der Waals surface area contributed by atoms with Crippen LogP contribution in [0.1, 0.15) is 47.0 Å². The molecular weight excluding hydrogens is 306 g/mol. The molecule has 24 heavy (non-hydrogen) atoms. The fourth-order valence-electron chi connectivity index (χ4n) is 2.63. The third kappa shape index (κ3) is 5.48. The van der Waals surface area contributed by atoms with E-state index in [0.717, 1.165) is 0 Å².